The summed E-state index contributed by atoms with van der Waals surface area (Å²) in [5, 5.41) is 25.7. The molecule has 0 unspecified atom stereocenters. The average molecular weight is 527 g/mol. The van der Waals surface area contributed by atoms with Crippen molar-refractivity contribution in [3.05, 3.63) is 93.3 Å². The second-order valence-electron chi connectivity index (χ2n) is 7.46. The van der Waals surface area contributed by atoms with E-state index >= 15 is 0 Å². The normalized spacial score (nSPS) is 10.8. The molecule has 2 aromatic carbocycles. The van der Waals surface area contributed by atoms with Crippen molar-refractivity contribution in [3.63, 3.8) is 0 Å². The van der Waals surface area contributed by atoms with Crippen LogP contribution in [0.25, 0.3) is 6.08 Å². The maximum absolute atomic E-state index is 12.5. The van der Waals surface area contributed by atoms with Crippen molar-refractivity contribution < 1.29 is 14.5 Å². The highest BCUT2D eigenvalue weighted by molar-refractivity contribution is 7.99. The number of benzene rings is 2. The first-order valence-electron chi connectivity index (χ1n) is 10.7. The quantitative estimate of drug-likeness (QED) is 0.124. The van der Waals surface area contributed by atoms with Gasteiger partial charge in [0.05, 0.1) is 22.9 Å². The second kappa shape index (κ2) is 12.7. The van der Waals surface area contributed by atoms with Crippen LogP contribution in [-0.4, -0.2) is 37.3 Å². The predicted molar refractivity (Wildman–Crippen MR) is 140 cm³/mol. The maximum Gasteiger partial charge on any atom is 0.271 e. The Hall–Kier alpha value is -3.96. The van der Waals surface area contributed by atoms with Crippen LogP contribution in [0.5, 0.6) is 0 Å². The number of carbonyl (C=O) groups excluding carboxylic acids is 2. The number of non-ortho nitro benzene ring substituents is 1. The molecule has 186 valence electrons. The Morgan fingerprint density at radius 1 is 1.25 bits per heavy atom. The molecule has 0 saturated carbocycles. The van der Waals surface area contributed by atoms with Gasteiger partial charge in [0.1, 0.15) is 0 Å². The van der Waals surface area contributed by atoms with Gasteiger partial charge in [-0.2, -0.15) is 0 Å². The number of anilines is 1. The molecule has 0 atom stereocenters. The van der Waals surface area contributed by atoms with E-state index in [1.54, 1.807) is 47.9 Å². The van der Waals surface area contributed by atoms with Crippen molar-refractivity contribution >= 4 is 52.6 Å². The minimum Gasteiger partial charge on any atom is -0.345 e. The molecular formula is C24H23ClN6O4S. The van der Waals surface area contributed by atoms with Crippen LogP contribution in [0.4, 0.5) is 11.4 Å². The molecule has 3 aromatic rings. The van der Waals surface area contributed by atoms with Crippen LogP contribution in [0.3, 0.4) is 0 Å². The number of nitro benzene ring substituents is 1. The fraction of sp³-hybridized carbons (Fsp3) is 0.167. The number of allylic oxidation sites excluding steroid dienone is 1. The van der Waals surface area contributed by atoms with Crippen molar-refractivity contribution in [1.82, 2.24) is 20.1 Å². The summed E-state index contributed by atoms with van der Waals surface area (Å²) in [4.78, 5) is 35.2. The van der Waals surface area contributed by atoms with Gasteiger partial charge in [-0.15, -0.1) is 16.8 Å². The first-order valence-corrected chi connectivity index (χ1v) is 12.1. The summed E-state index contributed by atoms with van der Waals surface area (Å²) in [5.74, 6) is -0.184. The highest BCUT2D eigenvalue weighted by Gasteiger charge is 2.15. The molecule has 2 N–H and O–H groups in total. The van der Waals surface area contributed by atoms with Gasteiger partial charge in [-0.3, -0.25) is 19.7 Å². The van der Waals surface area contributed by atoms with E-state index in [1.807, 2.05) is 6.07 Å². The minimum absolute atomic E-state index is 0.00431. The Balaban J connectivity index is 1.60. The number of halogens is 1. The summed E-state index contributed by atoms with van der Waals surface area (Å²) in [6, 6.07) is 11.4. The number of nitrogens with one attached hydrogen (secondary N) is 2. The molecule has 1 aromatic heterocycles. The molecule has 0 radical (unpaired) electrons. The SMILES string of the molecule is C=CCn1c(CNC(=O)C=Cc2ccccc2Cl)nnc1SCC(=O)Nc1cc([N+](=O)[O-])ccc1C. The summed E-state index contributed by atoms with van der Waals surface area (Å²) in [6.45, 7) is 5.98. The minimum atomic E-state index is -0.519. The lowest BCUT2D eigenvalue weighted by Gasteiger charge is -2.09. The summed E-state index contributed by atoms with van der Waals surface area (Å²) in [5.41, 5.74) is 1.69. The largest absolute Gasteiger partial charge is 0.345 e. The Kier molecular flexibility index (Phi) is 9.37. The van der Waals surface area contributed by atoms with E-state index in [0.29, 0.717) is 33.8 Å². The van der Waals surface area contributed by atoms with E-state index in [2.05, 4.69) is 27.4 Å². The molecule has 0 saturated heterocycles. The molecule has 1 heterocycles. The number of amides is 2. The lowest BCUT2D eigenvalue weighted by atomic mass is 10.2. The highest BCUT2D eigenvalue weighted by Crippen LogP contribution is 2.23. The molecule has 10 nitrogen and oxygen atoms in total. The lowest BCUT2D eigenvalue weighted by Crippen LogP contribution is -2.23. The number of nitro groups is 1. The second-order valence-corrected chi connectivity index (χ2v) is 8.81. The number of nitrogens with zero attached hydrogens (tertiary/aromatic N) is 4. The number of hydrogen-bond donors (Lipinski definition) is 2. The van der Waals surface area contributed by atoms with E-state index in [0.717, 1.165) is 17.3 Å². The van der Waals surface area contributed by atoms with Crippen LogP contribution in [0.1, 0.15) is 17.0 Å². The van der Waals surface area contributed by atoms with Crippen molar-refractivity contribution in [2.24, 2.45) is 0 Å². The molecule has 0 aliphatic rings. The van der Waals surface area contributed by atoms with Gasteiger partial charge in [-0.25, -0.2) is 0 Å². The number of thioether (sulfide) groups is 1. The molecule has 0 aliphatic carbocycles. The zero-order valence-electron chi connectivity index (χ0n) is 19.3. The third-order valence-electron chi connectivity index (χ3n) is 4.88. The van der Waals surface area contributed by atoms with Crippen LogP contribution in [0, 0.1) is 17.0 Å². The van der Waals surface area contributed by atoms with Gasteiger partial charge < -0.3 is 15.2 Å². The van der Waals surface area contributed by atoms with Crippen molar-refractivity contribution in [2.75, 3.05) is 11.1 Å². The standard InChI is InChI=1S/C24H23ClN6O4S/c1-3-12-30-21(14-26-22(32)11-9-17-6-4-5-7-19(17)25)28-29-24(30)36-15-23(33)27-20-13-18(31(34)35)10-8-16(20)2/h3-11,13H,1,12,14-15H2,2H3,(H,26,32)(H,27,33). The van der Waals surface area contributed by atoms with E-state index in [1.165, 1.54) is 18.2 Å². The molecule has 0 aliphatic heterocycles. The van der Waals surface area contributed by atoms with Crippen LogP contribution >= 0.6 is 23.4 Å². The first-order chi connectivity index (χ1) is 17.3. The summed E-state index contributed by atoms with van der Waals surface area (Å²) >= 11 is 7.24. The molecule has 2 amide bonds. The lowest BCUT2D eigenvalue weighted by molar-refractivity contribution is -0.384. The third kappa shape index (κ3) is 7.27. The van der Waals surface area contributed by atoms with E-state index in [-0.39, 0.29) is 29.8 Å². The van der Waals surface area contributed by atoms with E-state index < -0.39 is 4.92 Å². The van der Waals surface area contributed by atoms with Crippen molar-refractivity contribution in [2.45, 2.75) is 25.2 Å². The zero-order chi connectivity index (χ0) is 26.1. The Morgan fingerprint density at radius 2 is 2.03 bits per heavy atom. The number of carbonyl (C=O) groups is 2. The number of rotatable bonds is 11. The van der Waals surface area contributed by atoms with Crippen LogP contribution in [-0.2, 0) is 22.7 Å². The number of aromatic nitrogens is 3. The summed E-state index contributed by atoms with van der Waals surface area (Å²) in [6.07, 6.45) is 4.66. The fourth-order valence-corrected chi connectivity index (χ4v) is 4.01. The van der Waals surface area contributed by atoms with Crippen LogP contribution in [0.2, 0.25) is 5.02 Å². The molecule has 0 spiro atoms. The maximum atomic E-state index is 12.5. The van der Waals surface area contributed by atoms with Gasteiger partial charge in [0.2, 0.25) is 11.8 Å². The zero-order valence-corrected chi connectivity index (χ0v) is 20.9. The predicted octanol–water partition coefficient (Wildman–Crippen LogP) is 4.39. The van der Waals surface area contributed by atoms with Crippen LogP contribution < -0.4 is 10.6 Å². The average Bonchev–Trinajstić information content (AvgIpc) is 3.23. The van der Waals surface area contributed by atoms with Crippen molar-refractivity contribution in [3.8, 4) is 0 Å². The fourth-order valence-electron chi connectivity index (χ4n) is 3.04. The van der Waals surface area contributed by atoms with E-state index in [9.17, 15) is 19.7 Å². The summed E-state index contributed by atoms with van der Waals surface area (Å²) in [7, 11) is 0. The molecule has 0 bridgehead atoms. The van der Waals surface area contributed by atoms with Gasteiger partial charge in [0.15, 0.2) is 11.0 Å². The molecule has 3 rings (SSSR count). The topological polar surface area (TPSA) is 132 Å². The highest BCUT2D eigenvalue weighted by atomic mass is 35.5. The first kappa shape index (κ1) is 26.6. The molecule has 36 heavy (non-hydrogen) atoms. The Labute approximate surface area is 216 Å². The van der Waals surface area contributed by atoms with Gasteiger partial charge in [0.25, 0.3) is 5.69 Å². The summed E-state index contributed by atoms with van der Waals surface area (Å²) < 4.78 is 1.74. The van der Waals surface area contributed by atoms with Crippen LogP contribution in [0.15, 0.2) is 66.4 Å². The van der Waals surface area contributed by atoms with Crippen molar-refractivity contribution in [1.29, 1.82) is 0 Å². The monoisotopic (exact) mass is 526 g/mol. The van der Waals surface area contributed by atoms with Gasteiger partial charge >= 0.3 is 0 Å². The molecular weight excluding hydrogens is 504 g/mol. The van der Waals surface area contributed by atoms with Gasteiger partial charge in [0, 0.05) is 29.8 Å². The number of hydrogen-bond acceptors (Lipinski definition) is 7. The Morgan fingerprint density at radius 3 is 2.75 bits per heavy atom. The smallest absolute Gasteiger partial charge is 0.271 e. The molecule has 0 fully saturated rings. The van der Waals surface area contributed by atoms with Gasteiger partial charge in [-0.1, -0.05) is 53.7 Å². The van der Waals surface area contributed by atoms with Gasteiger partial charge in [-0.05, 0) is 30.2 Å². The number of aryl methyl sites for hydroxylation is 1. The third-order valence-corrected chi connectivity index (χ3v) is 6.19. The Bertz CT molecular complexity index is 1320. The molecule has 12 heteroatoms. The van der Waals surface area contributed by atoms with E-state index in [4.69, 9.17) is 11.6 Å².